The average molecular weight is 358 g/mol. The summed E-state index contributed by atoms with van der Waals surface area (Å²) in [6.45, 7) is 0.993. The highest BCUT2D eigenvalue weighted by molar-refractivity contribution is 5.85. The number of aryl methyl sites for hydroxylation is 1. The number of benzene rings is 2. The Balaban J connectivity index is 1.55. The third-order valence-electron chi connectivity index (χ3n) is 5.41. The monoisotopic (exact) mass is 358 g/mol. The van der Waals surface area contributed by atoms with Gasteiger partial charge in [0.25, 0.3) is 0 Å². The maximum Gasteiger partial charge on any atom is 0.416 e. The minimum Gasteiger partial charge on any atom is -0.357 e. The minimum atomic E-state index is -4.28. The Morgan fingerprint density at radius 3 is 2.54 bits per heavy atom. The van der Waals surface area contributed by atoms with Crippen LogP contribution in [-0.4, -0.2) is 23.5 Å². The fraction of sp³-hybridized carbons (Fsp3) is 0.333. The Hall–Kier alpha value is -2.27. The zero-order valence-electron chi connectivity index (χ0n) is 14.6. The summed E-state index contributed by atoms with van der Waals surface area (Å²) in [4.78, 5) is 5.91. The number of para-hydroxylation sites is 1. The van der Waals surface area contributed by atoms with Gasteiger partial charge in [-0.05, 0) is 55.6 Å². The first-order chi connectivity index (χ1) is 12.4. The van der Waals surface area contributed by atoms with Gasteiger partial charge in [-0.3, -0.25) is 4.90 Å². The van der Waals surface area contributed by atoms with Crippen LogP contribution in [0.5, 0.6) is 0 Å². The van der Waals surface area contributed by atoms with Crippen LogP contribution in [0.3, 0.4) is 0 Å². The van der Waals surface area contributed by atoms with Crippen molar-refractivity contribution in [2.24, 2.45) is 0 Å². The summed E-state index contributed by atoms with van der Waals surface area (Å²) < 4.78 is 38.1. The molecule has 1 atom stereocenters. The van der Waals surface area contributed by atoms with E-state index >= 15 is 0 Å². The van der Waals surface area contributed by atoms with Crippen molar-refractivity contribution in [3.8, 4) is 0 Å². The van der Waals surface area contributed by atoms with Crippen molar-refractivity contribution in [1.82, 2.24) is 9.88 Å². The number of aromatic amines is 1. The molecule has 0 radical (unpaired) electrons. The van der Waals surface area contributed by atoms with Crippen LogP contribution < -0.4 is 0 Å². The summed E-state index contributed by atoms with van der Waals surface area (Å²) >= 11 is 0. The van der Waals surface area contributed by atoms with Gasteiger partial charge in [-0.25, -0.2) is 0 Å². The maximum absolute atomic E-state index is 12.7. The van der Waals surface area contributed by atoms with Gasteiger partial charge in [0, 0.05) is 23.1 Å². The van der Waals surface area contributed by atoms with Gasteiger partial charge in [0.2, 0.25) is 0 Å². The second-order valence-corrected chi connectivity index (χ2v) is 7.04. The Morgan fingerprint density at radius 1 is 1.08 bits per heavy atom. The van der Waals surface area contributed by atoms with Gasteiger partial charge < -0.3 is 4.98 Å². The molecule has 2 nitrogen and oxygen atoms in total. The molecule has 3 aromatic rings. The summed E-state index contributed by atoms with van der Waals surface area (Å²) in [6, 6.07) is 14.1. The van der Waals surface area contributed by atoms with Crippen LogP contribution in [0.1, 0.15) is 34.8 Å². The van der Waals surface area contributed by atoms with E-state index in [0.717, 1.165) is 36.9 Å². The lowest BCUT2D eigenvalue weighted by Gasteiger charge is -2.33. The Morgan fingerprint density at radius 2 is 1.81 bits per heavy atom. The number of nitrogens with zero attached hydrogens (tertiary/aromatic N) is 1. The maximum atomic E-state index is 12.7. The van der Waals surface area contributed by atoms with Crippen LogP contribution in [0.2, 0.25) is 0 Å². The van der Waals surface area contributed by atoms with Gasteiger partial charge in [-0.15, -0.1) is 0 Å². The lowest BCUT2D eigenvalue weighted by atomic mass is 9.93. The molecule has 1 unspecified atom stereocenters. The molecule has 136 valence electrons. The number of fused-ring (bicyclic) bond motifs is 3. The lowest BCUT2D eigenvalue weighted by molar-refractivity contribution is -0.137. The number of nitrogens with one attached hydrogen (secondary N) is 1. The molecule has 0 aliphatic carbocycles. The van der Waals surface area contributed by atoms with E-state index in [9.17, 15) is 13.2 Å². The predicted octanol–water partition coefficient (Wildman–Crippen LogP) is 5.35. The van der Waals surface area contributed by atoms with E-state index in [2.05, 4.69) is 35.1 Å². The third-order valence-corrected chi connectivity index (χ3v) is 5.41. The van der Waals surface area contributed by atoms with E-state index in [1.165, 1.54) is 28.8 Å². The molecule has 0 amide bonds. The van der Waals surface area contributed by atoms with Crippen LogP contribution in [0.4, 0.5) is 13.2 Å². The molecule has 1 N–H and O–H groups in total. The fourth-order valence-electron chi connectivity index (χ4n) is 3.97. The van der Waals surface area contributed by atoms with Crippen molar-refractivity contribution in [2.75, 3.05) is 13.6 Å². The largest absolute Gasteiger partial charge is 0.416 e. The number of hydrogen-bond acceptors (Lipinski definition) is 1. The number of rotatable bonds is 3. The molecule has 5 heteroatoms. The van der Waals surface area contributed by atoms with Crippen molar-refractivity contribution in [3.63, 3.8) is 0 Å². The van der Waals surface area contributed by atoms with Gasteiger partial charge in [0.05, 0.1) is 11.6 Å². The molecule has 1 aromatic heterocycles. The molecule has 0 saturated heterocycles. The SMILES string of the molecule is CN1CCc2c([nH]c3ccccc23)C1CCc1ccc(C(F)(F)F)cc1. The Kier molecular flexibility index (Phi) is 4.27. The number of H-pyrrole nitrogens is 1. The molecule has 2 aromatic carbocycles. The molecule has 0 fully saturated rings. The summed E-state index contributed by atoms with van der Waals surface area (Å²) in [7, 11) is 2.12. The zero-order valence-corrected chi connectivity index (χ0v) is 14.6. The van der Waals surface area contributed by atoms with Crippen LogP contribution >= 0.6 is 0 Å². The third kappa shape index (κ3) is 3.12. The second kappa shape index (κ2) is 6.47. The topological polar surface area (TPSA) is 19.0 Å². The predicted molar refractivity (Wildman–Crippen MR) is 97.1 cm³/mol. The summed E-state index contributed by atoms with van der Waals surface area (Å²) in [5, 5.41) is 1.29. The molecule has 1 aliphatic rings. The molecule has 0 bridgehead atoms. The molecule has 0 saturated carbocycles. The second-order valence-electron chi connectivity index (χ2n) is 7.04. The van der Waals surface area contributed by atoms with Crippen molar-refractivity contribution >= 4 is 10.9 Å². The number of halogens is 3. The van der Waals surface area contributed by atoms with E-state index in [-0.39, 0.29) is 6.04 Å². The van der Waals surface area contributed by atoms with E-state index in [0.29, 0.717) is 0 Å². The Labute approximate surface area is 150 Å². The van der Waals surface area contributed by atoms with Crippen LogP contribution in [0.25, 0.3) is 10.9 Å². The van der Waals surface area contributed by atoms with Gasteiger partial charge in [0.15, 0.2) is 0 Å². The van der Waals surface area contributed by atoms with Crippen LogP contribution in [0, 0.1) is 0 Å². The first kappa shape index (κ1) is 17.2. The average Bonchev–Trinajstić information content (AvgIpc) is 2.99. The van der Waals surface area contributed by atoms with Crippen molar-refractivity contribution in [1.29, 1.82) is 0 Å². The first-order valence-electron chi connectivity index (χ1n) is 8.89. The smallest absolute Gasteiger partial charge is 0.357 e. The quantitative estimate of drug-likeness (QED) is 0.669. The van der Waals surface area contributed by atoms with Crippen molar-refractivity contribution < 1.29 is 13.2 Å². The number of likely N-dealkylation sites (N-methyl/N-ethyl adjacent to an activating group) is 1. The Bertz CT molecular complexity index is 909. The lowest BCUT2D eigenvalue weighted by Crippen LogP contribution is -2.32. The van der Waals surface area contributed by atoms with Gasteiger partial charge >= 0.3 is 6.18 Å². The molecular weight excluding hydrogens is 337 g/mol. The van der Waals surface area contributed by atoms with Crippen molar-refractivity contribution in [3.05, 3.63) is 70.9 Å². The highest BCUT2D eigenvalue weighted by Crippen LogP contribution is 2.36. The number of alkyl halides is 3. The van der Waals surface area contributed by atoms with Crippen molar-refractivity contribution in [2.45, 2.75) is 31.5 Å². The summed E-state index contributed by atoms with van der Waals surface area (Å²) in [5.74, 6) is 0. The van der Waals surface area contributed by atoms with E-state index < -0.39 is 11.7 Å². The number of aromatic nitrogens is 1. The normalized spacial score (nSPS) is 18.2. The highest BCUT2D eigenvalue weighted by Gasteiger charge is 2.30. The van der Waals surface area contributed by atoms with Gasteiger partial charge in [-0.1, -0.05) is 30.3 Å². The zero-order chi connectivity index (χ0) is 18.3. The van der Waals surface area contributed by atoms with Gasteiger partial charge in [0.1, 0.15) is 0 Å². The molecular formula is C21H21F3N2. The standard InChI is InChI=1S/C21H21F3N2/c1-26-13-12-17-16-4-2-3-5-18(16)25-20(17)19(26)11-8-14-6-9-15(10-7-14)21(22,23)24/h2-7,9-10,19,25H,8,11-13H2,1H3. The van der Waals surface area contributed by atoms with Crippen LogP contribution in [-0.2, 0) is 19.0 Å². The highest BCUT2D eigenvalue weighted by atomic mass is 19.4. The fourth-order valence-corrected chi connectivity index (χ4v) is 3.97. The first-order valence-corrected chi connectivity index (χ1v) is 8.89. The van der Waals surface area contributed by atoms with E-state index in [1.54, 1.807) is 12.1 Å². The molecule has 1 aliphatic heterocycles. The van der Waals surface area contributed by atoms with E-state index in [4.69, 9.17) is 0 Å². The van der Waals surface area contributed by atoms with Gasteiger partial charge in [-0.2, -0.15) is 13.2 Å². The molecule has 26 heavy (non-hydrogen) atoms. The molecule has 4 rings (SSSR count). The number of hydrogen-bond donors (Lipinski definition) is 1. The summed E-state index contributed by atoms with van der Waals surface area (Å²) in [5.41, 5.74) is 4.15. The van der Waals surface area contributed by atoms with Crippen LogP contribution in [0.15, 0.2) is 48.5 Å². The van der Waals surface area contributed by atoms with E-state index in [1.807, 2.05) is 6.07 Å². The molecule has 0 spiro atoms. The summed E-state index contributed by atoms with van der Waals surface area (Å²) in [6.07, 6.45) is -1.63. The minimum absolute atomic E-state index is 0.258. The molecule has 2 heterocycles.